The number of rotatable bonds is 6. The summed E-state index contributed by atoms with van der Waals surface area (Å²) in [6, 6.07) is 11.4. The van der Waals surface area contributed by atoms with Gasteiger partial charge in [-0.3, -0.25) is 0 Å². The standard InChI is InChI=1S/C18H17FN2O3/c1-3-22-15-10-7-13(11-16(15)23-4-2)18-20-17(21-24-18)12-5-8-14(19)9-6-12/h5-11H,3-4H2,1-2H3. The number of aromatic nitrogens is 2. The number of benzene rings is 2. The lowest BCUT2D eigenvalue weighted by Gasteiger charge is -2.11. The molecule has 124 valence electrons. The first-order valence-electron chi connectivity index (χ1n) is 7.71. The summed E-state index contributed by atoms with van der Waals surface area (Å²) in [5, 5.41) is 3.95. The summed E-state index contributed by atoms with van der Waals surface area (Å²) in [4.78, 5) is 4.36. The van der Waals surface area contributed by atoms with Crippen molar-refractivity contribution in [2.45, 2.75) is 13.8 Å². The van der Waals surface area contributed by atoms with Gasteiger partial charge in [-0.05, 0) is 56.3 Å². The van der Waals surface area contributed by atoms with Gasteiger partial charge in [0.15, 0.2) is 11.5 Å². The molecule has 0 saturated heterocycles. The minimum absolute atomic E-state index is 0.310. The Morgan fingerprint density at radius 3 is 2.29 bits per heavy atom. The monoisotopic (exact) mass is 328 g/mol. The number of hydrogen-bond donors (Lipinski definition) is 0. The van der Waals surface area contributed by atoms with Crippen molar-refractivity contribution in [3.63, 3.8) is 0 Å². The van der Waals surface area contributed by atoms with Crippen LogP contribution in [0.5, 0.6) is 11.5 Å². The molecular formula is C18H17FN2O3. The molecule has 0 N–H and O–H groups in total. The van der Waals surface area contributed by atoms with E-state index in [-0.39, 0.29) is 5.82 Å². The van der Waals surface area contributed by atoms with E-state index in [2.05, 4.69) is 10.1 Å². The topological polar surface area (TPSA) is 57.4 Å². The molecule has 0 bridgehead atoms. The molecule has 1 aromatic heterocycles. The fraction of sp³-hybridized carbons (Fsp3) is 0.222. The minimum atomic E-state index is -0.310. The molecule has 0 spiro atoms. The number of hydrogen-bond acceptors (Lipinski definition) is 5. The van der Waals surface area contributed by atoms with Crippen LogP contribution in [0.2, 0.25) is 0 Å². The van der Waals surface area contributed by atoms with E-state index in [0.29, 0.717) is 42.0 Å². The Bertz CT molecular complexity index is 815. The van der Waals surface area contributed by atoms with Crippen molar-refractivity contribution >= 4 is 0 Å². The van der Waals surface area contributed by atoms with Crippen molar-refractivity contribution < 1.29 is 18.4 Å². The Labute approximate surface area is 139 Å². The fourth-order valence-corrected chi connectivity index (χ4v) is 2.24. The maximum absolute atomic E-state index is 13.0. The van der Waals surface area contributed by atoms with Crippen LogP contribution in [0, 0.1) is 5.82 Å². The Morgan fingerprint density at radius 2 is 1.58 bits per heavy atom. The van der Waals surface area contributed by atoms with Gasteiger partial charge in [-0.1, -0.05) is 5.16 Å². The van der Waals surface area contributed by atoms with Crippen molar-refractivity contribution in [2.24, 2.45) is 0 Å². The van der Waals surface area contributed by atoms with Gasteiger partial charge >= 0.3 is 0 Å². The zero-order chi connectivity index (χ0) is 16.9. The predicted octanol–water partition coefficient (Wildman–Crippen LogP) is 4.34. The molecule has 0 radical (unpaired) electrons. The van der Waals surface area contributed by atoms with Crippen LogP contribution in [0.15, 0.2) is 47.0 Å². The highest BCUT2D eigenvalue weighted by Gasteiger charge is 2.14. The van der Waals surface area contributed by atoms with Gasteiger partial charge in [-0.25, -0.2) is 4.39 Å². The lowest BCUT2D eigenvalue weighted by Crippen LogP contribution is -1.98. The summed E-state index contributed by atoms with van der Waals surface area (Å²) in [5.41, 5.74) is 1.41. The first kappa shape index (κ1) is 16.0. The predicted molar refractivity (Wildman–Crippen MR) is 87.5 cm³/mol. The third kappa shape index (κ3) is 3.37. The van der Waals surface area contributed by atoms with E-state index in [1.165, 1.54) is 12.1 Å². The zero-order valence-electron chi connectivity index (χ0n) is 13.5. The Morgan fingerprint density at radius 1 is 0.917 bits per heavy atom. The molecule has 0 fully saturated rings. The van der Waals surface area contributed by atoms with E-state index in [1.54, 1.807) is 18.2 Å². The van der Waals surface area contributed by atoms with E-state index in [1.807, 2.05) is 26.0 Å². The Hall–Kier alpha value is -2.89. The minimum Gasteiger partial charge on any atom is -0.490 e. The van der Waals surface area contributed by atoms with Gasteiger partial charge in [-0.2, -0.15) is 4.98 Å². The second kappa shape index (κ2) is 7.12. The molecule has 3 rings (SSSR count). The second-order valence-electron chi connectivity index (χ2n) is 4.96. The first-order chi connectivity index (χ1) is 11.7. The third-order valence-corrected chi connectivity index (χ3v) is 3.32. The van der Waals surface area contributed by atoms with Crippen LogP contribution in [0.1, 0.15) is 13.8 Å². The van der Waals surface area contributed by atoms with Crippen LogP contribution >= 0.6 is 0 Å². The maximum atomic E-state index is 13.0. The van der Waals surface area contributed by atoms with Crippen molar-refractivity contribution in [2.75, 3.05) is 13.2 Å². The van der Waals surface area contributed by atoms with Gasteiger partial charge in [0.05, 0.1) is 13.2 Å². The van der Waals surface area contributed by atoms with Crippen molar-refractivity contribution in [1.82, 2.24) is 10.1 Å². The average Bonchev–Trinajstić information content (AvgIpc) is 3.07. The summed E-state index contributed by atoms with van der Waals surface area (Å²) in [7, 11) is 0. The molecule has 0 aliphatic carbocycles. The van der Waals surface area contributed by atoms with E-state index in [4.69, 9.17) is 14.0 Å². The third-order valence-electron chi connectivity index (χ3n) is 3.32. The average molecular weight is 328 g/mol. The Kier molecular flexibility index (Phi) is 4.74. The van der Waals surface area contributed by atoms with Gasteiger partial charge in [0.1, 0.15) is 5.82 Å². The summed E-state index contributed by atoms with van der Waals surface area (Å²) in [6.45, 7) is 4.89. The SMILES string of the molecule is CCOc1ccc(-c2nc(-c3ccc(F)cc3)no2)cc1OCC. The summed E-state index contributed by atoms with van der Waals surface area (Å²) in [5.74, 6) is 1.74. The molecule has 0 amide bonds. The largest absolute Gasteiger partial charge is 0.490 e. The summed E-state index contributed by atoms with van der Waals surface area (Å²) < 4.78 is 29.5. The molecule has 2 aromatic carbocycles. The molecule has 5 nitrogen and oxygen atoms in total. The molecule has 1 heterocycles. The molecule has 24 heavy (non-hydrogen) atoms. The molecule has 0 aliphatic rings. The van der Waals surface area contributed by atoms with Crippen molar-refractivity contribution in [3.8, 4) is 34.3 Å². The van der Waals surface area contributed by atoms with E-state index < -0.39 is 0 Å². The first-order valence-corrected chi connectivity index (χ1v) is 7.71. The highest BCUT2D eigenvalue weighted by Crippen LogP contribution is 2.33. The smallest absolute Gasteiger partial charge is 0.258 e. The quantitative estimate of drug-likeness (QED) is 0.673. The lowest BCUT2D eigenvalue weighted by atomic mass is 10.2. The van der Waals surface area contributed by atoms with Crippen LogP contribution < -0.4 is 9.47 Å². The summed E-state index contributed by atoms with van der Waals surface area (Å²) >= 11 is 0. The van der Waals surface area contributed by atoms with Crippen LogP contribution in [0.4, 0.5) is 4.39 Å². The lowest BCUT2D eigenvalue weighted by molar-refractivity contribution is 0.288. The molecule has 6 heteroatoms. The van der Waals surface area contributed by atoms with Crippen LogP contribution in [-0.4, -0.2) is 23.4 Å². The van der Waals surface area contributed by atoms with E-state index in [0.717, 1.165) is 5.56 Å². The van der Waals surface area contributed by atoms with Gasteiger partial charge in [0, 0.05) is 11.1 Å². The van der Waals surface area contributed by atoms with Crippen LogP contribution in [0.25, 0.3) is 22.8 Å². The zero-order valence-corrected chi connectivity index (χ0v) is 13.5. The van der Waals surface area contributed by atoms with Gasteiger partial charge in [0.2, 0.25) is 5.82 Å². The van der Waals surface area contributed by atoms with Gasteiger partial charge in [0.25, 0.3) is 5.89 Å². The highest BCUT2D eigenvalue weighted by molar-refractivity contribution is 5.63. The Balaban J connectivity index is 1.91. The van der Waals surface area contributed by atoms with Gasteiger partial charge < -0.3 is 14.0 Å². The van der Waals surface area contributed by atoms with Crippen molar-refractivity contribution in [1.29, 1.82) is 0 Å². The highest BCUT2D eigenvalue weighted by atomic mass is 19.1. The summed E-state index contributed by atoms with van der Waals surface area (Å²) in [6.07, 6.45) is 0. The van der Waals surface area contributed by atoms with E-state index in [9.17, 15) is 4.39 Å². The van der Waals surface area contributed by atoms with Crippen LogP contribution in [-0.2, 0) is 0 Å². The van der Waals surface area contributed by atoms with Crippen LogP contribution in [0.3, 0.4) is 0 Å². The normalized spacial score (nSPS) is 10.6. The fourth-order valence-electron chi connectivity index (χ4n) is 2.24. The molecule has 3 aromatic rings. The number of nitrogens with zero attached hydrogens (tertiary/aromatic N) is 2. The maximum Gasteiger partial charge on any atom is 0.258 e. The molecule has 0 saturated carbocycles. The second-order valence-corrected chi connectivity index (χ2v) is 4.96. The number of ether oxygens (including phenoxy) is 2. The molecule has 0 aliphatic heterocycles. The van der Waals surface area contributed by atoms with E-state index >= 15 is 0 Å². The molecule has 0 atom stereocenters. The molecule has 0 unspecified atom stereocenters. The molecular weight excluding hydrogens is 311 g/mol. The number of halogens is 1. The van der Waals surface area contributed by atoms with Gasteiger partial charge in [-0.15, -0.1) is 0 Å². The van der Waals surface area contributed by atoms with Crippen molar-refractivity contribution in [3.05, 3.63) is 48.3 Å².